The summed E-state index contributed by atoms with van der Waals surface area (Å²) in [7, 11) is 0. The van der Waals surface area contributed by atoms with E-state index in [-0.39, 0.29) is 30.6 Å². The Morgan fingerprint density at radius 3 is 2.75 bits per heavy atom. The van der Waals surface area contributed by atoms with Gasteiger partial charge in [-0.1, -0.05) is 23.7 Å². The molecule has 1 atom stereocenters. The second kappa shape index (κ2) is 6.61. The lowest BCUT2D eigenvalue weighted by Gasteiger charge is -2.18. The highest BCUT2D eigenvalue weighted by atomic mass is 35.5. The second-order valence-corrected chi connectivity index (χ2v) is 6.21. The molecule has 2 amide bonds. The van der Waals surface area contributed by atoms with Gasteiger partial charge in [-0.15, -0.1) is 0 Å². The van der Waals surface area contributed by atoms with Gasteiger partial charge in [-0.25, -0.2) is 4.39 Å². The number of rotatable bonds is 3. The summed E-state index contributed by atoms with van der Waals surface area (Å²) in [6.07, 6.45) is 0.122. The maximum Gasteiger partial charge on any atom is 0.229 e. The summed E-state index contributed by atoms with van der Waals surface area (Å²) in [6.45, 7) is 1.99. The summed E-state index contributed by atoms with van der Waals surface area (Å²) >= 11 is 6.13. The van der Waals surface area contributed by atoms with Crippen molar-refractivity contribution in [3.05, 3.63) is 58.9 Å². The van der Waals surface area contributed by atoms with Crippen molar-refractivity contribution >= 4 is 34.8 Å². The average Bonchev–Trinajstić information content (AvgIpc) is 2.92. The molecule has 0 spiro atoms. The molecule has 2 aromatic rings. The zero-order valence-corrected chi connectivity index (χ0v) is 13.8. The number of nitrogens with zero attached hydrogens (tertiary/aromatic N) is 1. The largest absolute Gasteiger partial charge is 0.326 e. The molecule has 0 aliphatic carbocycles. The highest BCUT2D eigenvalue weighted by Gasteiger charge is 2.35. The molecule has 1 heterocycles. The summed E-state index contributed by atoms with van der Waals surface area (Å²) in [5.41, 5.74) is 1.79. The third kappa shape index (κ3) is 3.26. The van der Waals surface area contributed by atoms with E-state index in [4.69, 9.17) is 11.6 Å². The molecule has 1 aliphatic heterocycles. The first-order valence-corrected chi connectivity index (χ1v) is 7.95. The normalized spacial score (nSPS) is 17.2. The standard InChI is InChI=1S/C18H16ClFN2O2/c1-11-8-13(20)6-7-15(11)21-18(24)12-9-17(23)22(10-12)16-5-3-2-4-14(16)19/h2-8,12H,9-10H2,1H3,(H,21,24)/t12-/m1/s1. The van der Waals surface area contributed by atoms with Crippen LogP contribution in [0.15, 0.2) is 42.5 Å². The minimum atomic E-state index is -0.474. The first-order valence-electron chi connectivity index (χ1n) is 7.57. The first kappa shape index (κ1) is 16.5. The van der Waals surface area contributed by atoms with Crippen LogP contribution in [0.25, 0.3) is 0 Å². The molecular formula is C18H16ClFN2O2. The highest BCUT2D eigenvalue weighted by molar-refractivity contribution is 6.33. The van der Waals surface area contributed by atoms with Crippen molar-refractivity contribution < 1.29 is 14.0 Å². The number of carbonyl (C=O) groups is 2. The van der Waals surface area contributed by atoms with Gasteiger partial charge < -0.3 is 10.2 Å². The Kier molecular flexibility index (Phi) is 4.53. The molecule has 1 N–H and O–H groups in total. The van der Waals surface area contributed by atoms with E-state index < -0.39 is 5.92 Å². The Balaban J connectivity index is 1.73. The van der Waals surface area contributed by atoms with Gasteiger partial charge in [0.2, 0.25) is 11.8 Å². The number of aryl methyl sites for hydroxylation is 1. The Morgan fingerprint density at radius 2 is 2.04 bits per heavy atom. The summed E-state index contributed by atoms with van der Waals surface area (Å²) < 4.78 is 13.1. The number of benzene rings is 2. The van der Waals surface area contributed by atoms with Crippen molar-refractivity contribution in [1.82, 2.24) is 0 Å². The van der Waals surface area contributed by atoms with E-state index in [1.807, 2.05) is 0 Å². The Labute approximate surface area is 144 Å². The van der Waals surface area contributed by atoms with Crippen molar-refractivity contribution in [2.24, 2.45) is 5.92 Å². The van der Waals surface area contributed by atoms with Gasteiger partial charge in [0.05, 0.1) is 16.6 Å². The zero-order chi connectivity index (χ0) is 17.3. The van der Waals surface area contributed by atoms with Crippen molar-refractivity contribution in [2.75, 3.05) is 16.8 Å². The van der Waals surface area contributed by atoms with Crippen LogP contribution in [-0.2, 0) is 9.59 Å². The minimum Gasteiger partial charge on any atom is -0.326 e. The first-order chi connectivity index (χ1) is 11.5. The van der Waals surface area contributed by atoms with Crippen LogP contribution in [0.2, 0.25) is 5.02 Å². The number of anilines is 2. The van der Waals surface area contributed by atoms with Crippen LogP contribution in [0.5, 0.6) is 0 Å². The fourth-order valence-electron chi connectivity index (χ4n) is 2.79. The van der Waals surface area contributed by atoms with Crippen LogP contribution in [0.1, 0.15) is 12.0 Å². The molecule has 124 valence electrons. The van der Waals surface area contributed by atoms with E-state index in [1.54, 1.807) is 31.2 Å². The van der Waals surface area contributed by atoms with Gasteiger partial charge in [-0.3, -0.25) is 9.59 Å². The third-order valence-electron chi connectivity index (χ3n) is 4.09. The van der Waals surface area contributed by atoms with Crippen molar-refractivity contribution in [1.29, 1.82) is 0 Å². The number of amides is 2. The molecule has 24 heavy (non-hydrogen) atoms. The molecule has 0 saturated carbocycles. The van der Waals surface area contributed by atoms with Gasteiger partial charge in [0, 0.05) is 18.7 Å². The molecule has 1 fully saturated rings. The predicted octanol–water partition coefficient (Wildman–Crippen LogP) is 3.78. The second-order valence-electron chi connectivity index (χ2n) is 5.81. The fraction of sp³-hybridized carbons (Fsp3) is 0.222. The fourth-order valence-corrected chi connectivity index (χ4v) is 3.03. The Bertz CT molecular complexity index is 809. The van der Waals surface area contributed by atoms with Crippen molar-refractivity contribution in [2.45, 2.75) is 13.3 Å². The van der Waals surface area contributed by atoms with Crippen LogP contribution in [0.3, 0.4) is 0 Å². The number of para-hydroxylation sites is 1. The van der Waals surface area contributed by atoms with Crippen molar-refractivity contribution in [3.63, 3.8) is 0 Å². The van der Waals surface area contributed by atoms with Gasteiger partial charge in [-0.05, 0) is 42.8 Å². The maximum atomic E-state index is 13.1. The Morgan fingerprint density at radius 1 is 1.29 bits per heavy atom. The van der Waals surface area contributed by atoms with Crippen LogP contribution < -0.4 is 10.2 Å². The van der Waals surface area contributed by atoms with Gasteiger partial charge >= 0.3 is 0 Å². The van der Waals surface area contributed by atoms with Crippen molar-refractivity contribution in [3.8, 4) is 0 Å². The van der Waals surface area contributed by atoms with Crippen LogP contribution in [0.4, 0.5) is 15.8 Å². The lowest BCUT2D eigenvalue weighted by Crippen LogP contribution is -2.28. The molecule has 0 unspecified atom stereocenters. The summed E-state index contributed by atoms with van der Waals surface area (Å²) in [5, 5.41) is 3.24. The van der Waals surface area contributed by atoms with E-state index in [2.05, 4.69) is 5.32 Å². The van der Waals surface area contributed by atoms with E-state index >= 15 is 0 Å². The van der Waals surface area contributed by atoms with Crippen LogP contribution >= 0.6 is 11.6 Å². The molecular weight excluding hydrogens is 331 g/mol. The van der Waals surface area contributed by atoms with Gasteiger partial charge in [0.15, 0.2) is 0 Å². The smallest absolute Gasteiger partial charge is 0.229 e. The molecule has 0 aromatic heterocycles. The van der Waals surface area contributed by atoms with Gasteiger partial charge in [0.1, 0.15) is 5.82 Å². The lowest BCUT2D eigenvalue weighted by atomic mass is 10.1. The lowest BCUT2D eigenvalue weighted by molar-refractivity contribution is -0.122. The summed E-state index contributed by atoms with van der Waals surface area (Å²) in [5.74, 6) is -1.23. The minimum absolute atomic E-state index is 0.122. The number of carbonyl (C=O) groups excluding carboxylic acids is 2. The molecule has 1 saturated heterocycles. The molecule has 2 aromatic carbocycles. The quantitative estimate of drug-likeness (QED) is 0.919. The SMILES string of the molecule is Cc1cc(F)ccc1NC(=O)[C@@H]1CC(=O)N(c2ccccc2Cl)C1. The van der Waals surface area contributed by atoms with E-state index in [0.717, 1.165) is 0 Å². The third-order valence-corrected chi connectivity index (χ3v) is 4.41. The highest BCUT2D eigenvalue weighted by Crippen LogP contribution is 2.31. The number of hydrogen-bond donors (Lipinski definition) is 1. The number of nitrogens with one attached hydrogen (secondary N) is 1. The van der Waals surface area contributed by atoms with Gasteiger partial charge in [-0.2, -0.15) is 0 Å². The molecule has 6 heteroatoms. The van der Waals surface area contributed by atoms with Crippen LogP contribution in [0, 0.1) is 18.7 Å². The summed E-state index contributed by atoms with van der Waals surface area (Å²) in [4.78, 5) is 26.2. The molecule has 3 rings (SSSR count). The summed E-state index contributed by atoms with van der Waals surface area (Å²) in [6, 6.07) is 11.2. The number of hydrogen-bond acceptors (Lipinski definition) is 2. The van der Waals surface area contributed by atoms with Gasteiger partial charge in [0.25, 0.3) is 0 Å². The molecule has 1 aliphatic rings. The molecule has 4 nitrogen and oxygen atoms in total. The Hall–Kier alpha value is -2.40. The monoisotopic (exact) mass is 346 g/mol. The van der Waals surface area contributed by atoms with E-state index in [9.17, 15) is 14.0 Å². The van der Waals surface area contributed by atoms with Crippen LogP contribution in [-0.4, -0.2) is 18.4 Å². The molecule has 0 bridgehead atoms. The van der Waals surface area contributed by atoms with E-state index in [0.29, 0.717) is 22.0 Å². The number of halogens is 2. The maximum absolute atomic E-state index is 13.1. The topological polar surface area (TPSA) is 49.4 Å². The zero-order valence-electron chi connectivity index (χ0n) is 13.1. The molecule has 0 radical (unpaired) electrons. The predicted molar refractivity (Wildman–Crippen MR) is 91.7 cm³/mol. The van der Waals surface area contributed by atoms with E-state index in [1.165, 1.54) is 23.1 Å². The average molecular weight is 347 g/mol.